The van der Waals surface area contributed by atoms with Crippen molar-refractivity contribution in [2.45, 2.75) is 104 Å². The molecule has 14 heteroatoms. The number of benzene rings is 1. The van der Waals surface area contributed by atoms with E-state index in [1.54, 1.807) is 38.1 Å². The smallest absolute Gasteiger partial charge is 0.407 e. The van der Waals surface area contributed by atoms with Gasteiger partial charge >= 0.3 is 6.09 Å². The first-order valence-electron chi connectivity index (χ1n) is 17.0. The van der Waals surface area contributed by atoms with Gasteiger partial charge in [-0.05, 0) is 83.0 Å². The van der Waals surface area contributed by atoms with E-state index in [1.807, 2.05) is 20.8 Å². The Kier molecular flexibility index (Phi) is 17.5. The van der Waals surface area contributed by atoms with Crippen LogP contribution < -0.4 is 27.0 Å². The summed E-state index contributed by atoms with van der Waals surface area (Å²) in [4.78, 5) is 75.6. The van der Waals surface area contributed by atoms with Gasteiger partial charge in [-0.15, -0.1) is 0 Å². The number of unbranched alkanes of at least 4 members (excludes halogenated alkanes) is 2. The molecule has 1 aliphatic heterocycles. The quantitative estimate of drug-likeness (QED) is 0.0954. The molecule has 272 valence electrons. The van der Waals surface area contributed by atoms with Gasteiger partial charge in [0.1, 0.15) is 18.7 Å². The zero-order valence-electron chi connectivity index (χ0n) is 29.5. The number of hydrogen-bond acceptors (Lipinski definition) is 9. The van der Waals surface area contributed by atoms with Crippen LogP contribution >= 0.6 is 0 Å². The Bertz CT molecular complexity index is 1270. The van der Waals surface area contributed by atoms with Crippen LogP contribution in [-0.4, -0.2) is 84.5 Å². The predicted octanol–water partition coefficient (Wildman–Crippen LogP) is 2.91. The highest BCUT2D eigenvalue weighted by molar-refractivity contribution is 6.12. The lowest BCUT2D eigenvalue weighted by molar-refractivity contribution is -0.137. The standard InChI is InChI=1S/C35H54N6O8/c1-24(2)31(40-28(42)12-7-6-8-21-41-29(43)17-18-30(41)44)33(46)39-27(11-9-19-36)32(45)38-26-15-13-25(14-16-26)23-48-34(47)37-20-10-22-49-35(3,4)5/h13-18,24,27,31H,6-12,19-23,36H2,1-5H3,(H,37,47)(H,38,45)(H,39,46)(H,40,42)/t27-,31-/m0/s1. The number of rotatable bonds is 21. The molecule has 0 unspecified atom stereocenters. The molecule has 0 bridgehead atoms. The van der Waals surface area contributed by atoms with E-state index in [2.05, 4.69) is 21.3 Å². The molecule has 0 spiro atoms. The van der Waals surface area contributed by atoms with Gasteiger partial charge in [-0.2, -0.15) is 0 Å². The van der Waals surface area contributed by atoms with Gasteiger partial charge in [0.05, 0.1) is 5.60 Å². The fourth-order valence-electron chi connectivity index (χ4n) is 4.77. The Hall–Kier alpha value is -4.30. The molecule has 1 aromatic rings. The minimum Gasteiger partial charge on any atom is -0.445 e. The highest BCUT2D eigenvalue weighted by Gasteiger charge is 2.29. The van der Waals surface area contributed by atoms with Gasteiger partial charge in [0, 0.05) is 44.0 Å². The highest BCUT2D eigenvalue weighted by atomic mass is 16.5. The number of nitrogens with two attached hydrogens (primary N) is 1. The Balaban J connectivity index is 1.81. The van der Waals surface area contributed by atoms with Crippen LogP contribution in [0.1, 0.15) is 85.1 Å². The fraction of sp³-hybridized carbons (Fsp3) is 0.600. The van der Waals surface area contributed by atoms with Crippen LogP contribution in [0.5, 0.6) is 0 Å². The number of alkyl carbamates (subject to hydrolysis) is 1. The number of amides is 6. The Morgan fingerprint density at radius 1 is 0.878 bits per heavy atom. The molecule has 0 aliphatic carbocycles. The average Bonchev–Trinajstić information content (AvgIpc) is 3.36. The highest BCUT2D eigenvalue weighted by Crippen LogP contribution is 2.14. The maximum absolute atomic E-state index is 13.3. The molecule has 0 radical (unpaired) electrons. The predicted molar refractivity (Wildman–Crippen MR) is 185 cm³/mol. The molecule has 6 N–H and O–H groups in total. The van der Waals surface area contributed by atoms with Crippen molar-refractivity contribution in [3.63, 3.8) is 0 Å². The van der Waals surface area contributed by atoms with E-state index in [0.29, 0.717) is 70.5 Å². The van der Waals surface area contributed by atoms with Crippen molar-refractivity contribution in [3.8, 4) is 0 Å². The molecule has 2 rings (SSSR count). The van der Waals surface area contributed by atoms with Crippen molar-refractivity contribution < 1.29 is 38.2 Å². The monoisotopic (exact) mass is 686 g/mol. The minimum absolute atomic E-state index is 0.0500. The van der Waals surface area contributed by atoms with E-state index in [0.717, 1.165) is 10.5 Å². The first-order chi connectivity index (χ1) is 23.2. The number of nitrogens with one attached hydrogen (secondary N) is 4. The van der Waals surface area contributed by atoms with E-state index in [1.165, 1.54) is 12.2 Å². The van der Waals surface area contributed by atoms with Crippen molar-refractivity contribution in [2.75, 3.05) is 31.6 Å². The van der Waals surface area contributed by atoms with Gasteiger partial charge < -0.3 is 36.5 Å². The summed E-state index contributed by atoms with van der Waals surface area (Å²) in [5.41, 5.74) is 6.67. The van der Waals surface area contributed by atoms with Crippen molar-refractivity contribution in [1.82, 2.24) is 20.9 Å². The number of anilines is 1. The molecule has 6 amide bonds. The molecule has 2 atom stereocenters. The van der Waals surface area contributed by atoms with E-state index in [-0.39, 0.29) is 42.3 Å². The third kappa shape index (κ3) is 16.1. The van der Waals surface area contributed by atoms with Gasteiger partial charge in [-0.3, -0.25) is 28.9 Å². The molecule has 49 heavy (non-hydrogen) atoms. The van der Waals surface area contributed by atoms with Crippen LogP contribution in [0.15, 0.2) is 36.4 Å². The molecule has 1 heterocycles. The molecule has 0 fully saturated rings. The molecule has 14 nitrogen and oxygen atoms in total. The number of carbonyl (C=O) groups excluding carboxylic acids is 6. The molecule has 0 saturated carbocycles. The Morgan fingerprint density at radius 3 is 2.16 bits per heavy atom. The molecular weight excluding hydrogens is 632 g/mol. The summed E-state index contributed by atoms with van der Waals surface area (Å²) in [5, 5.41) is 11.1. The largest absolute Gasteiger partial charge is 0.445 e. The van der Waals surface area contributed by atoms with Crippen LogP contribution in [0.2, 0.25) is 0 Å². The summed E-state index contributed by atoms with van der Waals surface area (Å²) >= 11 is 0. The minimum atomic E-state index is -0.889. The maximum Gasteiger partial charge on any atom is 0.407 e. The molecule has 1 aliphatic rings. The number of carbonyl (C=O) groups is 6. The van der Waals surface area contributed by atoms with Crippen molar-refractivity contribution in [3.05, 3.63) is 42.0 Å². The Labute approximate surface area is 289 Å². The van der Waals surface area contributed by atoms with Gasteiger partial charge in [0.2, 0.25) is 17.7 Å². The summed E-state index contributed by atoms with van der Waals surface area (Å²) in [6.07, 6.45) is 5.29. The second-order valence-corrected chi connectivity index (χ2v) is 13.3. The third-order valence-corrected chi connectivity index (χ3v) is 7.50. The van der Waals surface area contributed by atoms with Gasteiger partial charge in [-0.25, -0.2) is 4.79 Å². The van der Waals surface area contributed by atoms with Crippen LogP contribution in [0, 0.1) is 5.92 Å². The van der Waals surface area contributed by atoms with Crippen LogP contribution in [-0.2, 0) is 40.1 Å². The summed E-state index contributed by atoms with van der Waals surface area (Å²) in [5.74, 6) is -2.13. The topological polar surface area (TPSA) is 198 Å². The molecular formula is C35H54N6O8. The second kappa shape index (κ2) is 20.9. The SMILES string of the molecule is CC(C)[C@H](NC(=O)CCCCCN1C(=O)C=CC1=O)C(=O)N[C@@H](CCCN)C(=O)Nc1ccc(COC(=O)NCCCOC(C)(C)C)cc1. The van der Waals surface area contributed by atoms with Crippen molar-refractivity contribution >= 4 is 41.3 Å². The first kappa shape index (κ1) is 40.9. The van der Waals surface area contributed by atoms with Crippen LogP contribution in [0.25, 0.3) is 0 Å². The lowest BCUT2D eigenvalue weighted by Crippen LogP contribution is -2.54. The van der Waals surface area contributed by atoms with Gasteiger partial charge in [0.25, 0.3) is 11.8 Å². The zero-order valence-corrected chi connectivity index (χ0v) is 29.5. The zero-order chi connectivity index (χ0) is 36.4. The third-order valence-electron chi connectivity index (χ3n) is 7.50. The number of imide groups is 1. The van der Waals surface area contributed by atoms with Crippen LogP contribution in [0.3, 0.4) is 0 Å². The van der Waals surface area contributed by atoms with Crippen molar-refractivity contribution in [2.24, 2.45) is 11.7 Å². The number of nitrogens with zero attached hydrogens (tertiary/aromatic N) is 1. The van der Waals surface area contributed by atoms with Gasteiger partial charge in [-0.1, -0.05) is 32.4 Å². The second-order valence-electron chi connectivity index (χ2n) is 13.3. The van der Waals surface area contributed by atoms with Crippen molar-refractivity contribution in [1.29, 1.82) is 0 Å². The first-order valence-corrected chi connectivity index (χ1v) is 17.0. The maximum atomic E-state index is 13.3. The number of hydrogen-bond donors (Lipinski definition) is 5. The molecule has 0 saturated heterocycles. The normalized spacial score (nSPS) is 14.1. The van der Waals surface area contributed by atoms with E-state index >= 15 is 0 Å². The lowest BCUT2D eigenvalue weighted by atomic mass is 10.0. The summed E-state index contributed by atoms with van der Waals surface area (Å²) in [6, 6.07) is 5.05. The number of ether oxygens (including phenoxy) is 2. The fourth-order valence-corrected chi connectivity index (χ4v) is 4.77. The molecule has 0 aromatic heterocycles. The van der Waals surface area contributed by atoms with E-state index < -0.39 is 30.0 Å². The average molecular weight is 687 g/mol. The Morgan fingerprint density at radius 2 is 1.55 bits per heavy atom. The van der Waals surface area contributed by atoms with E-state index in [4.69, 9.17) is 15.2 Å². The van der Waals surface area contributed by atoms with Gasteiger partial charge in [0.15, 0.2) is 0 Å². The summed E-state index contributed by atoms with van der Waals surface area (Å²) in [6.45, 7) is 11.1. The lowest BCUT2D eigenvalue weighted by Gasteiger charge is -2.25. The molecule has 1 aromatic carbocycles. The van der Waals surface area contributed by atoms with Crippen LogP contribution in [0.4, 0.5) is 10.5 Å². The summed E-state index contributed by atoms with van der Waals surface area (Å²) in [7, 11) is 0. The summed E-state index contributed by atoms with van der Waals surface area (Å²) < 4.78 is 10.9. The van der Waals surface area contributed by atoms with E-state index in [9.17, 15) is 28.8 Å².